The molecule has 1 amide bonds. The first-order valence-electron chi connectivity index (χ1n) is 8.02. The van der Waals surface area contributed by atoms with Crippen LogP contribution in [0.4, 0.5) is 5.69 Å². The Kier molecular flexibility index (Phi) is 5.75. The Morgan fingerprint density at radius 2 is 1.56 bits per heavy atom. The van der Waals surface area contributed by atoms with Gasteiger partial charge in [-0.2, -0.15) is 0 Å². The molecule has 0 heterocycles. The van der Waals surface area contributed by atoms with Crippen molar-refractivity contribution in [2.45, 2.75) is 12.8 Å². The van der Waals surface area contributed by atoms with Crippen molar-refractivity contribution in [1.29, 1.82) is 0 Å². The lowest BCUT2D eigenvalue weighted by Gasteiger charge is -2.11. The Hall–Kier alpha value is -2.29. The molecule has 0 aliphatic rings. The third-order valence-electron chi connectivity index (χ3n) is 3.91. The third-order valence-corrected chi connectivity index (χ3v) is 4.65. The number of amides is 1. The van der Waals surface area contributed by atoms with E-state index in [0.717, 1.165) is 22.4 Å². The van der Waals surface area contributed by atoms with Crippen molar-refractivity contribution in [2.24, 2.45) is 0 Å². The lowest BCUT2D eigenvalue weighted by atomic mass is 10.0. The molecule has 0 saturated carbocycles. The summed E-state index contributed by atoms with van der Waals surface area (Å²) < 4.78 is 0. The van der Waals surface area contributed by atoms with E-state index in [-0.39, 0.29) is 5.91 Å². The van der Waals surface area contributed by atoms with Gasteiger partial charge in [0.05, 0.1) is 10.0 Å². The molecular weight excluding hydrogens is 353 g/mol. The van der Waals surface area contributed by atoms with Gasteiger partial charge >= 0.3 is 0 Å². The summed E-state index contributed by atoms with van der Waals surface area (Å²) in [5.41, 5.74) is 3.88. The van der Waals surface area contributed by atoms with Gasteiger partial charge in [-0.15, -0.1) is 0 Å². The zero-order chi connectivity index (χ0) is 17.6. The van der Waals surface area contributed by atoms with Gasteiger partial charge in [0.2, 0.25) is 5.91 Å². The first-order chi connectivity index (χ1) is 12.1. The number of hydrogen-bond acceptors (Lipinski definition) is 1. The summed E-state index contributed by atoms with van der Waals surface area (Å²) in [6, 6.07) is 23.2. The Bertz CT molecular complexity index is 878. The fourth-order valence-electron chi connectivity index (χ4n) is 2.63. The third kappa shape index (κ3) is 4.62. The molecule has 0 aliphatic heterocycles. The highest BCUT2D eigenvalue weighted by Gasteiger charge is 2.09. The minimum absolute atomic E-state index is 0.0329. The van der Waals surface area contributed by atoms with Crippen molar-refractivity contribution >= 4 is 34.8 Å². The molecule has 1 N–H and O–H groups in total. The molecule has 0 bridgehead atoms. The maximum Gasteiger partial charge on any atom is 0.224 e. The summed E-state index contributed by atoms with van der Waals surface area (Å²) in [5, 5.41) is 4.04. The van der Waals surface area contributed by atoms with E-state index in [1.54, 1.807) is 12.1 Å². The monoisotopic (exact) mass is 369 g/mol. The van der Waals surface area contributed by atoms with Crippen molar-refractivity contribution in [3.63, 3.8) is 0 Å². The standard InChI is InChI=1S/C21H17Cl2NO/c22-18-12-10-15(14-19(18)23)11-13-21(25)24-20-9-5-4-8-17(20)16-6-2-1-3-7-16/h1-10,12,14H,11,13H2,(H,24,25). The molecule has 25 heavy (non-hydrogen) atoms. The quantitative estimate of drug-likeness (QED) is 0.567. The van der Waals surface area contributed by atoms with Crippen LogP contribution >= 0.6 is 23.2 Å². The van der Waals surface area contributed by atoms with Crippen LogP contribution in [0.25, 0.3) is 11.1 Å². The summed E-state index contributed by atoms with van der Waals surface area (Å²) in [4.78, 5) is 12.4. The van der Waals surface area contributed by atoms with Gasteiger partial charge in [0.15, 0.2) is 0 Å². The zero-order valence-electron chi connectivity index (χ0n) is 13.5. The summed E-state index contributed by atoms with van der Waals surface area (Å²) >= 11 is 11.9. The van der Waals surface area contributed by atoms with Gasteiger partial charge in [0, 0.05) is 17.7 Å². The molecule has 0 fully saturated rings. The topological polar surface area (TPSA) is 29.1 Å². The van der Waals surface area contributed by atoms with E-state index in [2.05, 4.69) is 5.32 Å². The maximum atomic E-state index is 12.4. The van der Waals surface area contributed by atoms with Crippen molar-refractivity contribution in [3.8, 4) is 11.1 Å². The molecule has 0 saturated heterocycles. The van der Waals surface area contributed by atoms with Crippen molar-refractivity contribution in [3.05, 3.63) is 88.4 Å². The number of para-hydroxylation sites is 1. The Labute approximate surface area is 157 Å². The second-order valence-electron chi connectivity index (χ2n) is 5.71. The maximum absolute atomic E-state index is 12.4. The molecule has 4 heteroatoms. The molecule has 0 radical (unpaired) electrons. The molecular formula is C21H17Cl2NO. The van der Waals surface area contributed by atoms with E-state index < -0.39 is 0 Å². The molecule has 126 valence electrons. The summed E-state index contributed by atoms with van der Waals surface area (Å²) in [6.07, 6.45) is 0.983. The SMILES string of the molecule is O=C(CCc1ccc(Cl)c(Cl)c1)Nc1ccccc1-c1ccccc1. The van der Waals surface area contributed by atoms with Crippen molar-refractivity contribution < 1.29 is 4.79 Å². The van der Waals surface area contributed by atoms with Crippen LogP contribution < -0.4 is 5.32 Å². The van der Waals surface area contributed by atoms with Gasteiger partial charge in [-0.05, 0) is 35.7 Å². The Balaban J connectivity index is 1.68. The molecule has 3 aromatic carbocycles. The largest absolute Gasteiger partial charge is 0.326 e. The fraction of sp³-hybridized carbons (Fsp3) is 0.0952. The molecule has 0 aromatic heterocycles. The van der Waals surface area contributed by atoms with Crippen LogP contribution in [-0.2, 0) is 11.2 Å². The van der Waals surface area contributed by atoms with Crippen molar-refractivity contribution in [1.82, 2.24) is 0 Å². The van der Waals surface area contributed by atoms with Crippen LogP contribution in [0.15, 0.2) is 72.8 Å². The highest BCUT2D eigenvalue weighted by molar-refractivity contribution is 6.42. The van der Waals surface area contributed by atoms with Gasteiger partial charge in [0.25, 0.3) is 0 Å². The fourth-order valence-corrected chi connectivity index (χ4v) is 2.95. The van der Waals surface area contributed by atoms with Crippen LogP contribution in [0, 0.1) is 0 Å². The van der Waals surface area contributed by atoms with E-state index in [9.17, 15) is 4.79 Å². The van der Waals surface area contributed by atoms with Gasteiger partial charge in [-0.1, -0.05) is 77.8 Å². The lowest BCUT2D eigenvalue weighted by Crippen LogP contribution is -2.13. The number of carbonyl (C=O) groups excluding carboxylic acids is 1. The average molecular weight is 370 g/mol. The Morgan fingerprint density at radius 1 is 0.840 bits per heavy atom. The van der Waals surface area contributed by atoms with E-state index in [1.165, 1.54) is 0 Å². The normalized spacial score (nSPS) is 10.5. The number of aryl methyl sites for hydroxylation is 1. The summed E-state index contributed by atoms with van der Waals surface area (Å²) in [6.45, 7) is 0. The number of rotatable bonds is 5. The van der Waals surface area contributed by atoms with Crippen LogP contribution in [0.1, 0.15) is 12.0 Å². The average Bonchev–Trinajstić information content (AvgIpc) is 2.64. The highest BCUT2D eigenvalue weighted by atomic mass is 35.5. The van der Waals surface area contributed by atoms with Gasteiger partial charge in [-0.3, -0.25) is 4.79 Å². The van der Waals surface area contributed by atoms with E-state index in [1.807, 2.05) is 60.7 Å². The first-order valence-corrected chi connectivity index (χ1v) is 8.77. The van der Waals surface area contributed by atoms with Gasteiger partial charge in [-0.25, -0.2) is 0 Å². The second kappa shape index (κ2) is 8.19. The first kappa shape index (κ1) is 17.5. The van der Waals surface area contributed by atoms with Crippen LogP contribution in [0.5, 0.6) is 0 Å². The van der Waals surface area contributed by atoms with E-state index in [0.29, 0.717) is 22.9 Å². The van der Waals surface area contributed by atoms with Crippen LogP contribution in [-0.4, -0.2) is 5.91 Å². The van der Waals surface area contributed by atoms with Crippen LogP contribution in [0.2, 0.25) is 10.0 Å². The number of halogens is 2. The number of benzene rings is 3. The van der Waals surface area contributed by atoms with Gasteiger partial charge < -0.3 is 5.32 Å². The number of carbonyl (C=O) groups is 1. The van der Waals surface area contributed by atoms with Gasteiger partial charge in [0.1, 0.15) is 0 Å². The molecule has 3 aromatic rings. The second-order valence-corrected chi connectivity index (χ2v) is 6.52. The lowest BCUT2D eigenvalue weighted by molar-refractivity contribution is -0.116. The number of hydrogen-bond donors (Lipinski definition) is 1. The molecule has 0 atom stereocenters. The Morgan fingerprint density at radius 3 is 2.32 bits per heavy atom. The highest BCUT2D eigenvalue weighted by Crippen LogP contribution is 2.28. The van der Waals surface area contributed by atoms with E-state index in [4.69, 9.17) is 23.2 Å². The molecule has 0 unspecified atom stereocenters. The molecule has 3 rings (SSSR count). The van der Waals surface area contributed by atoms with E-state index >= 15 is 0 Å². The number of nitrogens with one attached hydrogen (secondary N) is 1. The predicted octanol–water partition coefficient (Wildman–Crippen LogP) is 6.23. The number of anilines is 1. The molecule has 0 aliphatic carbocycles. The minimum Gasteiger partial charge on any atom is -0.326 e. The smallest absolute Gasteiger partial charge is 0.224 e. The molecule has 2 nitrogen and oxygen atoms in total. The van der Waals surface area contributed by atoms with Crippen LogP contribution in [0.3, 0.4) is 0 Å². The zero-order valence-corrected chi connectivity index (χ0v) is 15.0. The minimum atomic E-state index is -0.0329. The predicted molar refractivity (Wildman–Crippen MR) is 105 cm³/mol. The summed E-state index contributed by atoms with van der Waals surface area (Å²) in [5.74, 6) is -0.0329. The van der Waals surface area contributed by atoms with Crippen molar-refractivity contribution in [2.75, 3.05) is 5.32 Å². The molecule has 0 spiro atoms. The summed E-state index contributed by atoms with van der Waals surface area (Å²) in [7, 11) is 0.